The third-order valence-electron chi connectivity index (χ3n) is 3.59. The summed E-state index contributed by atoms with van der Waals surface area (Å²) in [7, 11) is 1.23. The van der Waals surface area contributed by atoms with Crippen LogP contribution in [0.15, 0.2) is 54.6 Å². The van der Waals surface area contributed by atoms with Crippen LogP contribution in [0.2, 0.25) is 0 Å². The molecule has 0 aliphatic heterocycles. The van der Waals surface area contributed by atoms with Crippen LogP contribution in [-0.4, -0.2) is 25.0 Å². The molecule has 136 valence electrons. The van der Waals surface area contributed by atoms with Crippen molar-refractivity contribution in [1.82, 2.24) is 5.32 Å². The number of benzene rings is 2. The highest BCUT2D eigenvalue weighted by molar-refractivity contribution is 5.85. The second-order valence-electron chi connectivity index (χ2n) is 5.65. The number of hydrogen-bond acceptors (Lipinski definition) is 3. The van der Waals surface area contributed by atoms with Gasteiger partial charge in [-0.25, -0.2) is 13.6 Å². The molecule has 0 aliphatic carbocycles. The van der Waals surface area contributed by atoms with Gasteiger partial charge in [0.15, 0.2) is 0 Å². The Hall–Kier alpha value is -3.02. The number of esters is 1. The highest BCUT2D eigenvalue weighted by atomic mass is 19.1. The Morgan fingerprint density at radius 1 is 1.12 bits per heavy atom. The van der Waals surface area contributed by atoms with Gasteiger partial charge in [-0.2, -0.15) is 0 Å². The Kier molecular flexibility index (Phi) is 7.02. The standard InChI is InChI=1S/C20H19F2NO3/c1-26-20(25)18(9-5-8-14-6-3-2-4-7-14)23-19(24)12-15-10-16(21)13-17(22)11-15/h2-8,10-11,13,18H,9,12H2,1H3,(H,23,24)/b8-5+/t18-/m0/s1. The average molecular weight is 359 g/mol. The number of carbonyl (C=O) groups excluding carboxylic acids is 2. The summed E-state index contributed by atoms with van der Waals surface area (Å²) in [5, 5.41) is 2.53. The molecule has 0 saturated carbocycles. The van der Waals surface area contributed by atoms with E-state index in [0.29, 0.717) is 0 Å². The second kappa shape index (κ2) is 9.46. The summed E-state index contributed by atoms with van der Waals surface area (Å²) in [6.07, 6.45) is 3.55. The highest BCUT2D eigenvalue weighted by Crippen LogP contribution is 2.09. The molecule has 2 aromatic rings. The zero-order valence-electron chi connectivity index (χ0n) is 14.2. The lowest BCUT2D eigenvalue weighted by Crippen LogP contribution is -2.41. The second-order valence-corrected chi connectivity index (χ2v) is 5.65. The summed E-state index contributed by atoms with van der Waals surface area (Å²) in [5.74, 6) is -2.65. The number of methoxy groups -OCH3 is 1. The van der Waals surface area contributed by atoms with Crippen LogP contribution in [0.4, 0.5) is 8.78 Å². The molecule has 6 heteroatoms. The normalized spacial score (nSPS) is 12.0. The van der Waals surface area contributed by atoms with E-state index < -0.39 is 29.6 Å². The van der Waals surface area contributed by atoms with Crippen LogP contribution in [0.5, 0.6) is 0 Å². The lowest BCUT2D eigenvalue weighted by Gasteiger charge is -2.15. The van der Waals surface area contributed by atoms with Crippen LogP contribution in [-0.2, 0) is 20.7 Å². The van der Waals surface area contributed by atoms with E-state index in [9.17, 15) is 18.4 Å². The molecule has 2 aromatic carbocycles. The van der Waals surface area contributed by atoms with Gasteiger partial charge in [-0.15, -0.1) is 0 Å². The molecule has 0 spiro atoms. The molecular weight excluding hydrogens is 340 g/mol. The minimum Gasteiger partial charge on any atom is -0.467 e. The number of nitrogens with one attached hydrogen (secondary N) is 1. The van der Waals surface area contributed by atoms with Crippen LogP contribution in [0, 0.1) is 11.6 Å². The van der Waals surface area contributed by atoms with Gasteiger partial charge in [0.25, 0.3) is 0 Å². The maximum atomic E-state index is 13.2. The quantitative estimate of drug-likeness (QED) is 0.772. The number of amides is 1. The fraction of sp³-hybridized carbons (Fsp3) is 0.200. The maximum Gasteiger partial charge on any atom is 0.328 e. The van der Waals surface area contributed by atoms with Crippen LogP contribution in [0.1, 0.15) is 17.5 Å². The summed E-state index contributed by atoms with van der Waals surface area (Å²) in [5.41, 5.74) is 1.14. The van der Waals surface area contributed by atoms with Gasteiger partial charge in [0.1, 0.15) is 17.7 Å². The smallest absolute Gasteiger partial charge is 0.328 e. The Morgan fingerprint density at radius 3 is 2.38 bits per heavy atom. The molecular formula is C20H19F2NO3. The largest absolute Gasteiger partial charge is 0.467 e. The fourth-order valence-corrected chi connectivity index (χ4v) is 2.40. The summed E-state index contributed by atoms with van der Waals surface area (Å²) >= 11 is 0. The van der Waals surface area contributed by atoms with Gasteiger partial charge in [-0.3, -0.25) is 4.79 Å². The molecule has 0 unspecified atom stereocenters. The lowest BCUT2D eigenvalue weighted by atomic mass is 10.1. The lowest BCUT2D eigenvalue weighted by molar-refractivity contribution is -0.144. The Balaban J connectivity index is 1.99. The van der Waals surface area contributed by atoms with Crippen molar-refractivity contribution in [3.8, 4) is 0 Å². The molecule has 1 N–H and O–H groups in total. The van der Waals surface area contributed by atoms with Crippen LogP contribution in [0.25, 0.3) is 6.08 Å². The Bertz CT molecular complexity index is 771. The van der Waals surface area contributed by atoms with Crippen LogP contribution < -0.4 is 5.32 Å². The van der Waals surface area contributed by atoms with E-state index in [1.54, 1.807) is 6.08 Å². The van der Waals surface area contributed by atoms with Crippen molar-refractivity contribution in [3.63, 3.8) is 0 Å². The molecule has 0 radical (unpaired) electrons. The Morgan fingerprint density at radius 2 is 1.77 bits per heavy atom. The summed E-state index contributed by atoms with van der Waals surface area (Å²) in [6, 6.07) is 11.5. The maximum absolute atomic E-state index is 13.2. The van der Waals surface area contributed by atoms with E-state index in [1.807, 2.05) is 36.4 Å². The average Bonchev–Trinajstić information content (AvgIpc) is 2.60. The van der Waals surface area contributed by atoms with Gasteiger partial charge in [0.2, 0.25) is 5.91 Å². The zero-order valence-corrected chi connectivity index (χ0v) is 14.2. The highest BCUT2D eigenvalue weighted by Gasteiger charge is 2.20. The monoisotopic (exact) mass is 359 g/mol. The molecule has 1 amide bonds. The van der Waals surface area contributed by atoms with Crippen molar-refractivity contribution in [2.24, 2.45) is 0 Å². The number of halogens is 2. The van der Waals surface area contributed by atoms with E-state index in [0.717, 1.165) is 23.8 Å². The van der Waals surface area contributed by atoms with Gasteiger partial charge >= 0.3 is 5.97 Å². The van der Waals surface area contributed by atoms with Crippen molar-refractivity contribution in [1.29, 1.82) is 0 Å². The van der Waals surface area contributed by atoms with Crippen molar-refractivity contribution < 1.29 is 23.1 Å². The molecule has 4 nitrogen and oxygen atoms in total. The number of carbonyl (C=O) groups is 2. The molecule has 0 aromatic heterocycles. The first-order chi connectivity index (χ1) is 12.5. The van der Waals surface area contributed by atoms with Gasteiger partial charge in [0, 0.05) is 6.07 Å². The minimum absolute atomic E-state index is 0.184. The van der Waals surface area contributed by atoms with Crippen molar-refractivity contribution in [3.05, 3.63) is 77.4 Å². The number of rotatable bonds is 7. The summed E-state index contributed by atoms with van der Waals surface area (Å²) < 4.78 is 31.1. The van der Waals surface area contributed by atoms with Crippen molar-refractivity contribution >= 4 is 18.0 Å². The van der Waals surface area contributed by atoms with Crippen LogP contribution in [0.3, 0.4) is 0 Å². The van der Waals surface area contributed by atoms with Gasteiger partial charge in [-0.1, -0.05) is 42.5 Å². The first kappa shape index (κ1) is 19.3. The fourth-order valence-electron chi connectivity index (χ4n) is 2.40. The molecule has 1 atom stereocenters. The first-order valence-electron chi connectivity index (χ1n) is 8.01. The van der Waals surface area contributed by atoms with E-state index >= 15 is 0 Å². The molecule has 0 saturated heterocycles. The van der Waals surface area contributed by atoms with Crippen LogP contribution >= 0.6 is 0 Å². The molecule has 0 fully saturated rings. The zero-order chi connectivity index (χ0) is 18.9. The van der Waals surface area contributed by atoms with Crippen molar-refractivity contribution in [2.75, 3.05) is 7.11 Å². The van der Waals surface area contributed by atoms with E-state index in [2.05, 4.69) is 5.32 Å². The number of hydrogen-bond donors (Lipinski definition) is 1. The molecule has 26 heavy (non-hydrogen) atoms. The van der Waals surface area contributed by atoms with Crippen molar-refractivity contribution in [2.45, 2.75) is 18.9 Å². The van der Waals surface area contributed by atoms with Gasteiger partial charge in [0.05, 0.1) is 13.5 Å². The third kappa shape index (κ3) is 6.12. The molecule has 2 rings (SSSR count). The predicted molar refractivity (Wildman–Crippen MR) is 94.1 cm³/mol. The summed E-state index contributed by atoms with van der Waals surface area (Å²) in [6.45, 7) is 0. The van der Waals surface area contributed by atoms with E-state index in [-0.39, 0.29) is 18.4 Å². The molecule has 0 heterocycles. The van der Waals surface area contributed by atoms with Gasteiger partial charge in [-0.05, 0) is 29.7 Å². The van der Waals surface area contributed by atoms with E-state index in [1.165, 1.54) is 7.11 Å². The first-order valence-corrected chi connectivity index (χ1v) is 8.01. The Labute approximate surface area is 150 Å². The third-order valence-corrected chi connectivity index (χ3v) is 3.59. The van der Waals surface area contributed by atoms with E-state index in [4.69, 9.17) is 4.74 Å². The molecule has 0 aliphatic rings. The predicted octanol–water partition coefficient (Wildman–Crippen LogP) is 3.27. The molecule has 0 bridgehead atoms. The number of ether oxygens (including phenoxy) is 1. The minimum atomic E-state index is -0.883. The SMILES string of the molecule is COC(=O)[C@H](C/C=C/c1ccccc1)NC(=O)Cc1cc(F)cc(F)c1. The van der Waals surface area contributed by atoms with Gasteiger partial charge < -0.3 is 10.1 Å². The summed E-state index contributed by atoms with van der Waals surface area (Å²) in [4.78, 5) is 24.0. The topological polar surface area (TPSA) is 55.4 Å².